The van der Waals surface area contributed by atoms with E-state index < -0.39 is 0 Å². The Morgan fingerprint density at radius 2 is 1.90 bits per heavy atom. The Labute approximate surface area is 236 Å². The van der Waals surface area contributed by atoms with Crippen molar-refractivity contribution >= 4 is 45.7 Å². The molecule has 1 aromatic carbocycles. The number of rotatable bonds is 5. The number of anilines is 2. The highest BCUT2D eigenvalue weighted by atomic mass is 35.5. The fourth-order valence-corrected chi connectivity index (χ4v) is 5.92. The lowest BCUT2D eigenvalue weighted by atomic mass is 9.95. The molecule has 5 rings (SSSR count). The number of hydrogen-bond donors (Lipinski definition) is 2. The summed E-state index contributed by atoms with van der Waals surface area (Å²) in [6.07, 6.45) is 3.27. The van der Waals surface area contributed by atoms with Crippen LogP contribution < -0.4 is 10.6 Å². The van der Waals surface area contributed by atoms with Crippen LogP contribution in [0, 0.1) is 0 Å². The summed E-state index contributed by atoms with van der Waals surface area (Å²) in [7, 11) is 3.41. The van der Waals surface area contributed by atoms with Crippen LogP contribution in [-0.2, 0) is 17.6 Å². The third-order valence-electron chi connectivity index (χ3n) is 6.16. The topological polar surface area (TPSA) is 105 Å². The molecular formula is C28H30ClN7O2S. The number of halogens is 1. The van der Waals surface area contributed by atoms with Gasteiger partial charge in [-0.05, 0) is 63.9 Å². The number of nitrogens with zero attached hydrogens (tertiary/aromatic N) is 5. The Hall–Kier alpha value is -3.76. The summed E-state index contributed by atoms with van der Waals surface area (Å²) in [5, 5.41) is 12.2. The number of pyridine rings is 1. The van der Waals surface area contributed by atoms with Gasteiger partial charge in [-0.2, -0.15) is 5.10 Å². The zero-order valence-corrected chi connectivity index (χ0v) is 24.3. The first kappa shape index (κ1) is 26.8. The van der Waals surface area contributed by atoms with Gasteiger partial charge in [-0.3, -0.25) is 9.59 Å². The Morgan fingerprint density at radius 1 is 1.13 bits per heavy atom. The number of hydrogen-bond acceptors (Lipinski definition) is 7. The van der Waals surface area contributed by atoms with Gasteiger partial charge in [0.1, 0.15) is 5.82 Å². The van der Waals surface area contributed by atoms with E-state index in [1.165, 1.54) is 23.2 Å². The van der Waals surface area contributed by atoms with Crippen molar-refractivity contribution in [2.24, 2.45) is 0 Å². The molecule has 1 aliphatic carbocycles. The fraction of sp³-hybridized carbons (Fsp3) is 0.321. The van der Waals surface area contributed by atoms with E-state index in [0.29, 0.717) is 21.4 Å². The van der Waals surface area contributed by atoms with Crippen molar-refractivity contribution in [2.75, 3.05) is 24.7 Å². The minimum atomic E-state index is -0.172. The van der Waals surface area contributed by atoms with Gasteiger partial charge < -0.3 is 15.5 Å². The maximum Gasteiger partial charge on any atom is 0.253 e. The average Bonchev–Trinajstić information content (AvgIpc) is 3.43. The van der Waals surface area contributed by atoms with Crippen molar-refractivity contribution in [3.63, 3.8) is 0 Å². The lowest BCUT2D eigenvalue weighted by Gasteiger charge is -2.21. The van der Waals surface area contributed by atoms with Gasteiger partial charge in [0, 0.05) is 49.4 Å². The molecular weight excluding hydrogens is 534 g/mol. The second-order valence-electron chi connectivity index (χ2n) is 10.7. The van der Waals surface area contributed by atoms with Crippen molar-refractivity contribution in [3.8, 4) is 27.5 Å². The molecule has 9 nitrogen and oxygen atoms in total. The van der Waals surface area contributed by atoms with Crippen LogP contribution in [-0.4, -0.2) is 56.1 Å². The van der Waals surface area contributed by atoms with Crippen LogP contribution >= 0.6 is 22.9 Å². The Balaban J connectivity index is 1.66. The van der Waals surface area contributed by atoms with Gasteiger partial charge in [0.25, 0.3) is 5.91 Å². The van der Waals surface area contributed by atoms with Crippen molar-refractivity contribution in [1.29, 1.82) is 0 Å². The van der Waals surface area contributed by atoms with Crippen LogP contribution in [0.2, 0.25) is 5.02 Å². The van der Waals surface area contributed by atoms with Gasteiger partial charge >= 0.3 is 0 Å². The lowest BCUT2D eigenvalue weighted by Crippen LogP contribution is -2.26. The molecule has 39 heavy (non-hydrogen) atoms. The highest BCUT2D eigenvalue weighted by molar-refractivity contribution is 7.19. The lowest BCUT2D eigenvalue weighted by molar-refractivity contribution is -0.114. The molecule has 0 saturated heterocycles. The first-order chi connectivity index (χ1) is 18.4. The molecule has 4 aromatic rings. The molecule has 0 radical (unpaired) electrons. The van der Waals surface area contributed by atoms with Gasteiger partial charge in [0.05, 0.1) is 32.7 Å². The molecule has 3 aromatic heterocycles. The van der Waals surface area contributed by atoms with Gasteiger partial charge in [-0.15, -0.1) is 0 Å². The van der Waals surface area contributed by atoms with Crippen molar-refractivity contribution < 1.29 is 9.59 Å². The van der Waals surface area contributed by atoms with Crippen LogP contribution in [0.15, 0.2) is 36.5 Å². The minimum Gasteiger partial charge on any atom is -0.365 e. The van der Waals surface area contributed by atoms with E-state index in [-0.39, 0.29) is 17.4 Å². The number of thiazole rings is 1. The van der Waals surface area contributed by atoms with Crippen molar-refractivity contribution in [1.82, 2.24) is 24.6 Å². The van der Waals surface area contributed by atoms with Crippen LogP contribution in [0.3, 0.4) is 0 Å². The van der Waals surface area contributed by atoms with Crippen LogP contribution in [0.4, 0.5) is 10.9 Å². The zero-order chi connectivity index (χ0) is 28.1. The molecule has 0 spiro atoms. The molecule has 0 fully saturated rings. The number of carbonyl (C=O) groups is 2. The van der Waals surface area contributed by atoms with E-state index in [2.05, 4.69) is 41.4 Å². The smallest absolute Gasteiger partial charge is 0.253 e. The van der Waals surface area contributed by atoms with Crippen LogP contribution in [0.1, 0.15) is 49.3 Å². The molecule has 0 bridgehead atoms. The van der Waals surface area contributed by atoms with E-state index in [0.717, 1.165) is 51.7 Å². The number of aromatic nitrogens is 4. The van der Waals surface area contributed by atoms with Gasteiger partial charge in [0.2, 0.25) is 5.91 Å². The SMILES string of the molecule is CC(=O)Nc1nc2c(s1)-c1c(c(-c3ccc(NC(C)(C)C)nc3)nn1-c1ccc(C(=O)N(C)C)cc1Cl)CC2. The maximum atomic E-state index is 12.5. The number of fused-ring (bicyclic) bond motifs is 3. The summed E-state index contributed by atoms with van der Waals surface area (Å²) < 4.78 is 1.83. The third-order valence-corrected chi connectivity index (χ3v) is 7.48. The summed E-state index contributed by atoms with van der Waals surface area (Å²) >= 11 is 8.19. The van der Waals surface area contributed by atoms with Gasteiger partial charge in [-0.25, -0.2) is 14.6 Å². The highest BCUT2D eigenvalue weighted by Crippen LogP contribution is 2.44. The second-order valence-corrected chi connectivity index (χ2v) is 12.1. The van der Waals surface area contributed by atoms with Crippen molar-refractivity contribution in [3.05, 3.63) is 58.4 Å². The Kier molecular flexibility index (Phi) is 6.94. The van der Waals surface area contributed by atoms with Gasteiger partial charge in [-0.1, -0.05) is 22.9 Å². The normalized spacial score (nSPS) is 12.5. The first-order valence-electron chi connectivity index (χ1n) is 12.6. The number of benzene rings is 1. The molecule has 202 valence electrons. The largest absolute Gasteiger partial charge is 0.365 e. The van der Waals surface area contributed by atoms with Crippen LogP contribution in [0.5, 0.6) is 0 Å². The Bertz CT molecular complexity index is 1580. The molecule has 1 aliphatic rings. The first-order valence-corrected chi connectivity index (χ1v) is 13.8. The van der Waals surface area contributed by atoms with Crippen LogP contribution in [0.25, 0.3) is 27.5 Å². The molecule has 11 heteroatoms. The van der Waals surface area contributed by atoms with E-state index in [9.17, 15) is 9.59 Å². The quantitative estimate of drug-likeness (QED) is 0.324. The number of aryl methyl sites for hydroxylation is 1. The summed E-state index contributed by atoms with van der Waals surface area (Å²) in [6, 6.07) is 9.20. The van der Waals surface area contributed by atoms with Gasteiger partial charge in [0.15, 0.2) is 5.13 Å². The molecule has 0 unspecified atom stereocenters. The number of nitrogens with one attached hydrogen (secondary N) is 2. The molecule has 2 amide bonds. The molecule has 0 saturated carbocycles. The standard InChI is InChI=1S/C28H30ClN7O2S/c1-15(37)31-27-32-20-10-9-18-23(17-8-12-22(30-14-17)33-28(2,3)4)34-36(24(18)25(20)39-27)21-11-7-16(13-19(21)29)26(38)35(5)6/h7-8,11-14H,9-10H2,1-6H3,(H,30,33)(H,31,32,37). The number of carbonyl (C=O) groups excluding carboxylic acids is 2. The summed E-state index contributed by atoms with van der Waals surface area (Å²) in [4.78, 5) is 36.0. The van der Waals surface area contributed by atoms with E-state index in [1.54, 1.807) is 26.2 Å². The molecule has 3 heterocycles. The minimum absolute atomic E-state index is 0.111. The number of amides is 2. The monoisotopic (exact) mass is 563 g/mol. The Morgan fingerprint density at radius 3 is 2.51 bits per heavy atom. The molecule has 0 aliphatic heterocycles. The molecule has 2 N–H and O–H groups in total. The zero-order valence-electron chi connectivity index (χ0n) is 22.7. The predicted octanol–water partition coefficient (Wildman–Crippen LogP) is 5.68. The van der Waals surface area contributed by atoms with Crippen molar-refractivity contribution in [2.45, 2.75) is 46.1 Å². The highest BCUT2D eigenvalue weighted by Gasteiger charge is 2.31. The third kappa shape index (κ3) is 5.39. The molecule has 0 atom stereocenters. The van der Waals surface area contributed by atoms with E-state index in [4.69, 9.17) is 16.7 Å². The summed E-state index contributed by atoms with van der Waals surface area (Å²) in [5.41, 5.74) is 5.57. The second kappa shape index (κ2) is 10.1. The summed E-state index contributed by atoms with van der Waals surface area (Å²) in [5.74, 6) is 0.481. The predicted molar refractivity (Wildman–Crippen MR) is 156 cm³/mol. The van der Waals surface area contributed by atoms with E-state index in [1.807, 2.05) is 29.1 Å². The maximum absolute atomic E-state index is 12.5. The average molecular weight is 564 g/mol. The summed E-state index contributed by atoms with van der Waals surface area (Å²) in [6.45, 7) is 7.73. The fourth-order valence-electron chi connectivity index (χ4n) is 4.54. The van der Waals surface area contributed by atoms with E-state index >= 15 is 0 Å².